The molecule has 0 spiro atoms. The van der Waals surface area contributed by atoms with Crippen LogP contribution in [0.4, 0.5) is 0 Å². The first kappa shape index (κ1) is 55.6. The van der Waals surface area contributed by atoms with Gasteiger partial charge in [-0.3, -0.25) is 0 Å². The van der Waals surface area contributed by atoms with Gasteiger partial charge in [-0.1, -0.05) is 233 Å². The van der Waals surface area contributed by atoms with E-state index in [1.165, 1.54) is 0 Å². The third-order valence-electron chi connectivity index (χ3n) is 11.4. The Balaban J connectivity index is -0.000000157. The van der Waals surface area contributed by atoms with Crippen LogP contribution in [0.3, 0.4) is 0 Å². The Labute approximate surface area is 301 Å². The molecule has 0 aliphatic heterocycles. The van der Waals surface area contributed by atoms with Gasteiger partial charge in [0.2, 0.25) is 0 Å². The predicted octanol–water partition coefficient (Wildman–Crippen LogP) is 10.1. The van der Waals surface area contributed by atoms with Crippen LogP contribution in [-0.4, -0.2) is 33.3 Å². The van der Waals surface area contributed by atoms with Gasteiger partial charge in [0.1, 0.15) is 0 Å². The summed E-state index contributed by atoms with van der Waals surface area (Å²) < 4.78 is 0. The van der Waals surface area contributed by atoms with Gasteiger partial charge >= 0.3 is 17.4 Å². The van der Waals surface area contributed by atoms with Crippen LogP contribution in [0.25, 0.3) is 0 Å². The molecule has 45 heavy (non-hydrogen) atoms. The van der Waals surface area contributed by atoms with E-state index in [1.54, 1.807) is 0 Å². The molecular formula is C36H84CrO4Si4. The molecule has 0 aliphatic rings. The van der Waals surface area contributed by atoms with Crippen molar-refractivity contribution in [2.24, 2.45) is 0 Å². The summed E-state index contributed by atoms with van der Waals surface area (Å²) in [5, 5.41) is -0.292. The first-order valence-electron chi connectivity index (χ1n) is 16.8. The van der Waals surface area contributed by atoms with Gasteiger partial charge in [-0.15, -0.1) is 0 Å². The maximum absolute atomic E-state index is 12.3. The summed E-state index contributed by atoms with van der Waals surface area (Å²) in [7, 11) is -9.43. The van der Waals surface area contributed by atoms with Crippen LogP contribution in [0, 0.1) is 0 Å². The molecule has 274 valence electrons. The Hall–Kier alpha value is 1.24. The molecule has 0 atom stereocenters. The molecule has 0 aliphatic carbocycles. The summed E-state index contributed by atoms with van der Waals surface area (Å²) in [4.78, 5) is 49.1. The molecule has 0 saturated heterocycles. The van der Waals surface area contributed by atoms with Crippen molar-refractivity contribution in [3.63, 3.8) is 0 Å². The van der Waals surface area contributed by atoms with Crippen LogP contribution in [0.15, 0.2) is 0 Å². The van der Waals surface area contributed by atoms with Gasteiger partial charge in [-0.25, -0.2) is 0 Å². The molecule has 0 amide bonds. The second kappa shape index (κ2) is 16.5. The van der Waals surface area contributed by atoms with Gasteiger partial charge in [0.15, 0.2) is 0 Å². The Bertz CT molecular complexity index is 633. The van der Waals surface area contributed by atoms with E-state index < -0.39 is 33.3 Å². The molecule has 0 heterocycles. The zero-order valence-electron chi connectivity index (χ0n) is 36.0. The predicted molar refractivity (Wildman–Crippen MR) is 204 cm³/mol. The van der Waals surface area contributed by atoms with Crippen molar-refractivity contribution in [3.8, 4) is 0 Å². The number of hydrogen-bond acceptors (Lipinski definition) is 4. The van der Waals surface area contributed by atoms with Crippen LogP contribution < -0.4 is 19.2 Å². The van der Waals surface area contributed by atoms with Crippen LogP contribution in [0.2, 0.25) is 66.5 Å². The Kier molecular flexibility index (Phi) is 20.4. The molecule has 0 unspecified atom stereocenters. The topological polar surface area (TPSA) is 92.2 Å². The molecule has 0 saturated carbocycles. The summed E-state index contributed by atoms with van der Waals surface area (Å²) >= 11 is 0. The van der Waals surface area contributed by atoms with Gasteiger partial charge in [-0.2, -0.15) is 0 Å². The number of rotatable bonds is 0. The van der Waals surface area contributed by atoms with E-state index >= 15 is 0 Å². The van der Waals surface area contributed by atoms with Gasteiger partial charge in [0.25, 0.3) is 0 Å². The maximum Gasteiger partial charge on any atom is 4.00 e. The van der Waals surface area contributed by atoms with Crippen molar-refractivity contribution in [2.45, 2.75) is 233 Å². The molecule has 0 aromatic heterocycles. The van der Waals surface area contributed by atoms with E-state index in [9.17, 15) is 19.2 Å². The fraction of sp³-hybridized carbons (Fsp3) is 1.00. The summed E-state index contributed by atoms with van der Waals surface area (Å²) in [5.41, 5.74) is 0. The molecule has 0 aromatic rings. The average molecular weight is 745 g/mol. The van der Waals surface area contributed by atoms with Crippen LogP contribution >= 0.6 is 0 Å². The molecule has 0 rings (SSSR count). The fourth-order valence-corrected chi connectivity index (χ4v) is 13.5. The molecule has 0 aromatic carbocycles. The van der Waals surface area contributed by atoms with Crippen molar-refractivity contribution < 1.29 is 36.5 Å². The largest absolute Gasteiger partial charge is 4.00 e. The number of hydrogen-bond donors (Lipinski definition) is 0. The van der Waals surface area contributed by atoms with Crippen molar-refractivity contribution in [1.29, 1.82) is 0 Å². The smallest absolute Gasteiger partial charge is 0.858 e. The zero-order chi connectivity index (χ0) is 38.0. The van der Waals surface area contributed by atoms with Gasteiger partial charge in [-0.05, 0) is 33.3 Å². The first-order chi connectivity index (χ1) is 18.0. The van der Waals surface area contributed by atoms with E-state index in [0.717, 1.165) is 0 Å². The van der Waals surface area contributed by atoms with Crippen LogP contribution in [0.5, 0.6) is 0 Å². The first-order valence-corrected chi connectivity index (χ1v) is 26.4. The molecule has 4 nitrogen and oxygen atoms in total. The minimum Gasteiger partial charge on any atom is -0.858 e. The quantitative estimate of drug-likeness (QED) is 0.231. The van der Waals surface area contributed by atoms with E-state index in [2.05, 4.69) is 166 Å². The fourth-order valence-electron chi connectivity index (χ4n) is 4.50. The average Bonchev–Trinajstić information content (AvgIpc) is 2.62. The second-order valence-electron chi connectivity index (χ2n) is 22.1. The van der Waals surface area contributed by atoms with Crippen molar-refractivity contribution >= 4 is 33.3 Å². The minimum absolute atomic E-state index is 0. The Morgan fingerprint density at radius 2 is 0.267 bits per heavy atom. The molecule has 0 radical (unpaired) electrons. The third-order valence-corrected chi connectivity index (χ3v) is 34.3. The monoisotopic (exact) mass is 744 g/mol. The third kappa shape index (κ3) is 15.8. The molecular weight excluding hydrogens is 661 g/mol. The standard InChI is InChI=1S/4C9H21OSi.Cr/c4*1-8(2,3)11(7,10)9(4,5)6;/h4*1-7H3;/q4*-1;+4. The Morgan fingerprint density at radius 3 is 0.267 bits per heavy atom. The van der Waals surface area contributed by atoms with E-state index in [1.807, 2.05) is 26.2 Å². The van der Waals surface area contributed by atoms with E-state index in [0.29, 0.717) is 0 Å². The Morgan fingerprint density at radius 1 is 0.222 bits per heavy atom. The normalized spacial score (nSPS) is 14.9. The van der Waals surface area contributed by atoms with E-state index in [4.69, 9.17) is 0 Å². The van der Waals surface area contributed by atoms with Gasteiger partial charge in [0, 0.05) is 0 Å². The van der Waals surface area contributed by atoms with Gasteiger partial charge < -0.3 is 19.2 Å². The summed E-state index contributed by atoms with van der Waals surface area (Å²) in [5.74, 6) is 0. The second-order valence-corrected chi connectivity index (χ2v) is 42.4. The molecule has 0 bridgehead atoms. The molecule has 9 heteroatoms. The zero-order valence-corrected chi connectivity index (χ0v) is 41.3. The minimum atomic E-state index is -2.36. The van der Waals surface area contributed by atoms with Gasteiger partial charge in [0.05, 0.1) is 0 Å². The van der Waals surface area contributed by atoms with Crippen molar-refractivity contribution in [2.75, 3.05) is 0 Å². The van der Waals surface area contributed by atoms with E-state index in [-0.39, 0.29) is 57.7 Å². The SMILES string of the molecule is CC(C)(C)[Si](C)([O-])C(C)(C)C.CC(C)(C)[Si](C)([O-])C(C)(C)C.CC(C)(C)[Si](C)([O-])C(C)(C)C.CC(C)(C)[Si](C)([O-])C(C)(C)C.[Cr+4]. The molecule has 0 fully saturated rings. The maximum atomic E-state index is 12.3. The molecule has 0 N–H and O–H groups in total. The summed E-state index contributed by atoms with van der Waals surface area (Å²) in [6.45, 7) is 57.4. The van der Waals surface area contributed by atoms with Crippen molar-refractivity contribution in [1.82, 2.24) is 0 Å². The summed E-state index contributed by atoms with van der Waals surface area (Å²) in [6.07, 6.45) is 0. The van der Waals surface area contributed by atoms with Crippen LogP contribution in [0.1, 0.15) is 166 Å². The van der Waals surface area contributed by atoms with Crippen LogP contribution in [-0.2, 0) is 17.4 Å². The van der Waals surface area contributed by atoms with Crippen molar-refractivity contribution in [3.05, 3.63) is 0 Å². The summed E-state index contributed by atoms with van der Waals surface area (Å²) in [6, 6.07) is 0.